The van der Waals surface area contributed by atoms with Crippen LogP contribution < -0.4 is 4.13 Å². The van der Waals surface area contributed by atoms with Crippen LogP contribution in [0.2, 0.25) is 0 Å². The van der Waals surface area contributed by atoms with Gasteiger partial charge in [-0.25, -0.2) is 4.79 Å². The van der Waals surface area contributed by atoms with Gasteiger partial charge in [-0.3, -0.25) is 4.18 Å². The summed E-state index contributed by atoms with van der Waals surface area (Å²) in [4.78, 5) is 10.5. The molecule has 0 radical (unpaired) electrons. The molecule has 0 aliphatic rings. The van der Waals surface area contributed by atoms with Crippen LogP contribution in [-0.2, 0) is 24.0 Å². The van der Waals surface area contributed by atoms with Crippen molar-refractivity contribution in [3.63, 3.8) is 0 Å². The van der Waals surface area contributed by atoms with E-state index in [-0.39, 0.29) is 13.2 Å². The maximum Gasteiger partial charge on any atom is 0.345 e. The number of carbonyl (C=O) groups excluding carboxylic acids is 1. The Kier molecular flexibility index (Phi) is 6.54. The number of hydrogen-bond donors (Lipinski definition) is 1. The highest BCUT2D eigenvalue weighted by Crippen LogP contribution is 1.94. The molecule has 0 amide bonds. The molecule has 14 heavy (non-hydrogen) atoms. The van der Waals surface area contributed by atoms with Crippen LogP contribution in [0.3, 0.4) is 0 Å². The van der Waals surface area contributed by atoms with E-state index in [1.54, 1.807) is 6.26 Å². The van der Waals surface area contributed by atoms with Gasteiger partial charge in [-0.2, -0.15) is 8.42 Å². The van der Waals surface area contributed by atoms with Crippen LogP contribution in [0.5, 0.6) is 0 Å². The van der Waals surface area contributed by atoms with Crippen LogP contribution in [0.25, 0.3) is 0 Å². The monoisotopic (exact) mass is 241 g/mol. The third-order valence-electron chi connectivity index (χ3n) is 0.918. The smallest absolute Gasteiger partial charge is 0.345 e. The average molecular weight is 241 g/mol. The van der Waals surface area contributed by atoms with Gasteiger partial charge >= 0.3 is 16.3 Å². The molecule has 82 valence electrons. The van der Waals surface area contributed by atoms with Crippen LogP contribution in [0.15, 0.2) is 12.7 Å². The Morgan fingerprint density at radius 3 is 2.71 bits per heavy atom. The quantitative estimate of drug-likeness (QED) is 0.289. The van der Waals surface area contributed by atoms with E-state index < -0.39 is 16.3 Å². The third kappa shape index (κ3) is 6.89. The number of esters is 1. The van der Waals surface area contributed by atoms with Crippen molar-refractivity contribution >= 4 is 28.2 Å². The number of hydrogen-bond acceptors (Lipinski definition) is 6. The van der Waals surface area contributed by atoms with Gasteiger partial charge in [0, 0.05) is 6.08 Å². The second kappa shape index (κ2) is 6.82. The molecular formula is C6H11NO5S2. The molecule has 0 aromatic carbocycles. The fourth-order valence-electron chi connectivity index (χ4n) is 0.471. The van der Waals surface area contributed by atoms with Crippen molar-refractivity contribution in [2.75, 3.05) is 19.5 Å². The predicted octanol–water partition coefficient (Wildman–Crippen LogP) is -0.155. The maximum absolute atomic E-state index is 10.8. The Labute approximate surface area is 87.0 Å². The zero-order valence-electron chi connectivity index (χ0n) is 7.56. The zero-order chi connectivity index (χ0) is 11.0. The molecule has 0 heterocycles. The Morgan fingerprint density at radius 1 is 1.57 bits per heavy atom. The van der Waals surface area contributed by atoms with Crippen molar-refractivity contribution in [3.8, 4) is 0 Å². The highest BCUT2D eigenvalue weighted by atomic mass is 32.3. The molecule has 0 spiro atoms. The molecule has 0 aromatic rings. The summed E-state index contributed by atoms with van der Waals surface area (Å²) in [5.74, 6) is -0.621. The van der Waals surface area contributed by atoms with Crippen LogP contribution in [0.4, 0.5) is 0 Å². The van der Waals surface area contributed by atoms with Gasteiger partial charge in [-0.15, -0.1) is 4.13 Å². The van der Waals surface area contributed by atoms with E-state index in [1.807, 2.05) is 4.13 Å². The summed E-state index contributed by atoms with van der Waals surface area (Å²) < 4.78 is 32.6. The first-order chi connectivity index (χ1) is 6.52. The van der Waals surface area contributed by atoms with Gasteiger partial charge in [0.1, 0.15) is 13.2 Å². The van der Waals surface area contributed by atoms with Crippen LogP contribution in [-0.4, -0.2) is 33.9 Å². The molecule has 0 saturated carbocycles. The number of nitrogens with one attached hydrogen (secondary N) is 1. The first-order valence-electron chi connectivity index (χ1n) is 3.50. The van der Waals surface area contributed by atoms with Crippen LogP contribution >= 0.6 is 11.9 Å². The summed E-state index contributed by atoms with van der Waals surface area (Å²) >= 11 is 0.891. The minimum absolute atomic E-state index is 0.139. The molecule has 0 fully saturated rings. The summed E-state index contributed by atoms with van der Waals surface area (Å²) in [6, 6.07) is 0. The lowest BCUT2D eigenvalue weighted by atomic mass is 10.6. The van der Waals surface area contributed by atoms with E-state index in [4.69, 9.17) is 0 Å². The summed E-state index contributed by atoms with van der Waals surface area (Å²) in [6.07, 6.45) is 2.52. The minimum Gasteiger partial charge on any atom is -0.460 e. The Bertz CT molecular complexity index is 287. The first-order valence-corrected chi connectivity index (χ1v) is 6.13. The SMILES string of the molecule is C=CC(=O)OCCOS(=O)(=O)NSC. The Hall–Kier alpha value is -0.570. The molecule has 1 N–H and O–H groups in total. The molecular weight excluding hydrogens is 230 g/mol. The van der Waals surface area contributed by atoms with Gasteiger partial charge in [0.05, 0.1) is 0 Å². The van der Waals surface area contributed by atoms with E-state index in [0.717, 1.165) is 18.0 Å². The van der Waals surface area contributed by atoms with Gasteiger partial charge in [0.2, 0.25) is 0 Å². The normalized spacial score (nSPS) is 10.9. The van der Waals surface area contributed by atoms with Crippen LogP contribution in [0.1, 0.15) is 0 Å². The molecule has 0 rings (SSSR count). The second-order valence-electron chi connectivity index (χ2n) is 1.94. The van der Waals surface area contributed by atoms with Crippen molar-refractivity contribution in [2.45, 2.75) is 0 Å². The Morgan fingerprint density at radius 2 is 2.21 bits per heavy atom. The Balaban J connectivity index is 3.64. The third-order valence-corrected chi connectivity index (χ3v) is 2.88. The maximum atomic E-state index is 10.8. The highest BCUT2D eigenvalue weighted by Gasteiger charge is 2.08. The van der Waals surface area contributed by atoms with Gasteiger partial charge in [-0.05, 0) is 6.26 Å². The fraction of sp³-hybridized carbons (Fsp3) is 0.500. The summed E-state index contributed by atoms with van der Waals surface area (Å²) in [6.45, 7) is 2.80. The van der Waals surface area contributed by atoms with Crippen molar-refractivity contribution in [3.05, 3.63) is 12.7 Å². The predicted molar refractivity (Wildman–Crippen MR) is 52.7 cm³/mol. The number of rotatable bonds is 7. The van der Waals surface area contributed by atoms with Gasteiger partial charge in [0.25, 0.3) is 0 Å². The van der Waals surface area contributed by atoms with E-state index >= 15 is 0 Å². The van der Waals surface area contributed by atoms with E-state index in [9.17, 15) is 13.2 Å². The van der Waals surface area contributed by atoms with E-state index in [2.05, 4.69) is 15.5 Å². The topological polar surface area (TPSA) is 81.7 Å². The van der Waals surface area contributed by atoms with Gasteiger partial charge in [0.15, 0.2) is 0 Å². The molecule has 0 saturated heterocycles. The molecule has 0 aromatic heterocycles. The summed E-state index contributed by atoms with van der Waals surface area (Å²) in [5, 5.41) is 0. The lowest BCUT2D eigenvalue weighted by Crippen LogP contribution is -2.21. The number of ether oxygens (including phenoxy) is 1. The lowest BCUT2D eigenvalue weighted by molar-refractivity contribution is -0.138. The highest BCUT2D eigenvalue weighted by molar-refractivity contribution is 8.07. The molecule has 0 unspecified atom stereocenters. The summed E-state index contributed by atoms with van der Waals surface area (Å²) in [5.41, 5.74) is 0. The fourth-order valence-corrected chi connectivity index (χ4v) is 1.77. The molecule has 8 heteroatoms. The average Bonchev–Trinajstić information content (AvgIpc) is 2.12. The van der Waals surface area contributed by atoms with Gasteiger partial charge in [-0.1, -0.05) is 18.5 Å². The van der Waals surface area contributed by atoms with Crippen molar-refractivity contribution in [1.29, 1.82) is 0 Å². The van der Waals surface area contributed by atoms with E-state index in [1.165, 1.54) is 0 Å². The van der Waals surface area contributed by atoms with Crippen molar-refractivity contribution in [1.82, 2.24) is 4.13 Å². The second-order valence-corrected chi connectivity index (χ2v) is 4.15. The summed E-state index contributed by atoms with van der Waals surface area (Å²) in [7, 11) is -3.74. The van der Waals surface area contributed by atoms with Crippen molar-refractivity contribution in [2.24, 2.45) is 0 Å². The van der Waals surface area contributed by atoms with Crippen LogP contribution in [0, 0.1) is 0 Å². The lowest BCUT2D eigenvalue weighted by Gasteiger charge is -2.04. The van der Waals surface area contributed by atoms with Crippen molar-refractivity contribution < 1.29 is 22.1 Å². The standard InChI is InChI=1S/C6H11NO5S2/c1-3-6(8)11-4-5-12-14(9,10)7-13-2/h3,7H,1,4-5H2,2H3. The molecule has 0 aliphatic carbocycles. The molecule has 0 aliphatic heterocycles. The molecule has 6 nitrogen and oxygen atoms in total. The molecule has 0 bridgehead atoms. The zero-order valence-corrected chi connectivity index (χ0v) is 9.19. The minimum atomic E-state index is -3.74. The number of carbonyl (C=O) groups is 1. The van der Waals surface area contributed by atoms with E-state index in [0.29, 0.717) is 0 Å². The first kappa shape index (κ1) is 13.4. The largest absolute Gasteiger partial charge is 0.460 e. The molecule has 0 atom stereocenters. The van der Waals surface area contributed by atoms with Gasteiger partial charge < -0.3 is 4.74 Å².